The van der Waals surface area contributed by atoms with Gasteiger partial charge in [-0.2, -0.15) is 13.2 Å². The van der Waals surface area contributed by atoms with Gasteiger partial charge in [0.15, 0.2) is 0 Å². The molecule has 1 aliphatic heterocycles. The minimum atomic E-state index is -4.13. The van der Waals surface area contributed by atoms with Crippen molar-refractivity contribution in [2.45, 2.75) is 62.8 Å². The molecule has 2 fully saturated rings. The normalized spacial score (nSPS) is 23.4. The number of rotatable bonds is 7. The molecule has 1 aliphatic carbocycles. The van der Waals surface area contributed by atoms with Gasteiger partial charge in [0.1, 0.15) is 0 Å². The number of hydrogen-bond acceptors (Lipinski definition) is 3. The Balaban J connectivity index is 1.22. The molecular formula is C27H33ClF3N3O. The fraction of sp³-hybridized carbons (Fsp3) is 0.519. The Hall–Kier alpha value is -2.09. The lowest BCUT2D eigenvalue weighted by Crippen LogP contribution is -2.39. The molecule has 2 aliphatic rings. The fourth-order valence-corrected chi connectivity index (χ4v) is 5.45. The first kappa shape index (κ1) is 26.0. The molecule has 4 nitrogen and oxygen atoms in total. The van der Waals surface area contributed by atoms with Gasteiger partial charge in [0.05, 0.1) is 6.54 Å². The number of benzene rings is 2. The number of nitrogens with one attached hydrogen (secondary N) is 1. The van der Waals surface area contributed by atoms with E-state index in [1.807, 2.05) is 11.9 Å². The molecule has 1 heterocycles. The van der Waals surface area contributed by atoms with Crippen LogP contribution >= 0.6 is 11.6 Å². The second kappa shape index (κ2) is 11.3. The molecule has 1 saturated heterocycles. The minimum Gasteiger partial charge on any atom is -0.339 e. The Labute approximate surface area is 210 Å². The summed E-state index contributed by atoms with van der Waals surface area (Å²) < 4.78 is 37.7. The van der Waals surface area contributed by atoms with Crippen molar-refractivity contribution in [1.82, 2.24) is 15.1 Å². The number of alkyl halides is 3. The average Bonchev–Trinajstić information content (AvgIpc) is 3.28. The minimum absolute atomic E-state index is 0.0331. The van der Waals surface area contributed by atoms with E-state index in [1.54, 1.807) is 24.3 Å². The van der Waals surface area contributed by atoms with Crippen LogP contribution in [0.5, 0.6) is 0 Å². The molecule has 1 atom stereocenters. The summed E-state index contributed by atoms with van der Waals surface area (Å²) in [5, 5.41) is 4.03. The Morgan fingerprint density at radius 2 is 1.69 bits per heavy atom. The fourth-order valence-electron chi connectivity index (χ4n) is 5.32. The summed E-state index contributed by atoms with van der Waals surface area (Å²) in [6.45, 7) is 0.761. The number of amides is 1. The van der Waals surface area contributed by atoms with Crippen molar-refractivity contribution in [3.8, 4) is 0 Å². The molecular weight excluding hydrogens is 475 g/mol. The van der Waals surface area contributed by atoms with Crippen LogP contribution in [0.2, 0.25) is 5.02 Å². The molecule has 190 valence electrons. The van der Waals surface area contributed by atoms with E-state index in [-0.39, 0.29) is 18.0 Å². The molecule has 0 aromatic heterocycles. The zero-order valence-electron chi connectivity index (χ0n) is 20.0. The molecule has 2 aromatic rings. The first-order chi connectivity index (χ1) is 16.7. The predicted molar refractivity (Wildman–Crippen MR) is 133 cm³/mol. The van der Waals surface area contributed by atoms with E-state index >= 15 is 0 Å². The van der Waals surface area contributed by atoms with Gasteiger partial charge >= 0.3 is 6.18 Å². The Morgan fingerprint density at radius 3 is 2.31 bits per heavy atom. The summed E-state index contributed by atoms with van der Waals surface area (Å²) in [5.41, 5.74) is 3.12. The van der Waals surface area contributed by atoms with E-state index < -0.39 is 12.7 Å². The molecule has 8 heteroatoms. The maximum absolute atomic E-state index is 12.8. The maximum atomic E-state index is 12.8. The van der Waals surface area contributed by atoms with Crippen LogP contribution < -0.4 is 5.32 Å². The van der Waals surface area contributed by atoms with Crippen LogP contribution in [0.1, 0.15) is 59.5 Å². The van der Waals surface area contributed by atoms with Gasteiger partial charge in [-0.3, -0.25) is 9.69 Å². The largest absolute Gasteiger partial charge is 0.401 e. The van der Waals surface area contributed by atoms with E-state index in [9.17, 15) is 18.0 Å². The van der Waals surface area contributed by atoms with Crippen LogP contribution in [0.4, 0.5) is 13.2 Å². The Morgan fingerprint density at radius 1 is 1.03 bits per heavy atom. The highest BCUT2D eigenvalue weighted by Crippen LogP contribution is 2.35. The van der Waals surface area contributed by atoms with Gasteiger partial charge in [-0.1, -0.05) is 35.9 Å². The van der Waals surface area contributed by atoms with Crippen molar-refractivity contribution in [1.29, 1.82) is 0 Å². The van der Waals surface area contributed by atoms with Crippen LogP contribution in [0.3, 0.4) is 0 Å². The average molecular weight is 508 g/mol. The first-order valence-corrected chi connectivity index (χ1v) is 12.7. The second-order valence-corrected chi connectivity index (χ2v) is 10.3. The summed E-state index contributed by atoms with van der Waals surface area (Å²) in [7, 11) is 1.89. The predicted octanol–water partition coefficient (Wildman–Crippen LogP) is 5.86. The van der Waals surface area contributed by atoms with Crippen LogP contribution in [0.25, 0.3) is 0 Å². The molecule has 1 saturated carbocycles. The van der Waals surface area contributed by atoms with E-state index in [2.05, 4.69) is 29.6 Å². The van der Waals surface area contributed by atoms with Crippen molar-refractivity contribution < 1.29 is 18.0 Å². The van der Waals surface area contributed by atoms with Crippen molar-refractivity contribution >= 4 is 17.5 Å². The van der Waals surface area contributed by atoms with Gasteiger partial charge in [0, 0.05) is 49.4 Å². The molecule has 4 rings (SSSR count). The topological polar surface area (TPSA) is 35.6 Å². The molecule has 1 amide bonds. The summed E-state index contributed by atoms with van der Waals surface area (Å²) >= 11 is 5.94. The van der Waals surface area contributed by atoms with Crippen molar-refractivity contribution in [2.24, 2.45) is 0 Å². The second-order valence-electron chi connectivity index (χ2n) is 9.89. The highest BCUT2D eigenvalue weighted by Gasteiger charge is 2.34. The monoisotopic (exact) mass is 507 g/mol. The van der Waals surface area contributed by atoms with Crippen LogP contribution in [-0.2, 0) is 6.54 Å². The summed E-state index contributed by atoms with van der Waals surface area (Å²) in [4.78, 5) is 16.1. The number of carbonyl (C=O) groups is 1. The molecule has 0 unspecified atom stereocenters. The van der Waals surface area contributed by atoms with E-state index in [0.717, 1.165) is 37.7 Å². The third-order valence-corrected chi connectivity index (χ3v) is 7.63. The Bertz CT molecular complexity index is 973. The van der Waals surface area contributed by atoms with Crippen LogP contribution in [-0.4, -0.2) is 60.6 Å². The third-order valence-electron chi connectivity index (χ3n) is 7.38. The summed E-state index contributed by atoms with van der Waals surface area (Å²) in [6.07, 6.45) is 0.632. The van der Waals surface area contributed by atoms with E-state index in [4.69, 9.17) is 11.6 Å². The van der Waals surface area contributed by atoms with Gasteiger partial charge in [-0.25, -0.2) is 0 Å². The molecule has 0 bridgehead atoms. The quantitative estimate of drug-likeness (QED) is 0.509. The van der Waals surface area contributed by atoms with Crippen molar-refractivity contribution in [3.05, 3.63) is 70.2 Å². The zero-order chi connectivity index (χ0) is 25.0. The third kappa shape index (κ3) is 7.21. The lowest BCUT2D eigenvalue weighted by atomic mass is 9.81. The number of halogens is 4. The molecule has 35 heavy (non-hydrogen) atoms. The van der Waals surface area contributed by atoms with E-state index in [0.29, 0.717) is 36.1 Å². The first-order valence-electron chi connectivity index (χ1n) is 12.3. The molecule has 1 N–H and O–H groups in total. The zero-order valence-corrected chi connectivity index (χ0v) is 20.8. The highest BCUT2D eigenvalue weighted by molar-refractivity contribution is 6.30. The smallest absolute Gasteiger partial charge is 0.339 e. The van der Waals surface area contributed by atoms with Gasteiger partial charge in [-0.15, -0.1) is 0 Å². The summed E-state index contributed by atoms with van der Waals surface area (Å²) in [5.74, 6) is 0.517. The number of nitrogens with zero attached hydrogens (tertiary/aromatic N) is 2. The number of hydrogen-bond donors (Lipinski definition) is 1. The van der Waals surface area contributed by atoms with Gasteiger partial charge < -0.3 is 10.2 Å². The van der Waals surface area contributed by atoms with E-state index in [1.165, 1.54) is 10.5 Å². The SMILES string of the molecule is CN(C(=O)c1ccc(Cl)cc1)C1CCC(c2ccc(CN[C@@H]3CCN(CC(F)(F)F)C3)cc2)CC1. The van der Waals surface area contributed by atoms with Gasteiger partial charge in [0.25, 0.3) is 5.91 Å². The molecule has 2 aromatic carbocycles. The van der Waals surface area contributed by atoms with Crippen LogP contribution in [0, 0.1) is 0 Å². The lowest BCUT2D eigenvalue weighted by Gasteiger charge is -2.35. The number of carbonyl (C=O) groups excluding carboxylic acids is 1. The molecule has 0 spiro atoms. The van der Waals surface area contributed by atoms with Gasteiger partial charge in [-0.05, 0) is 73.4 Å². The highest BCUT2D eigenvalue weighted by atomic mass is 35.5. The van der Waals surface area contributed by atoms with Crippen molar-refractivity contribution in [2.75, 3.05) is 26.7 Å². The standard InChI is InChI=1S/C27H33ClF3N3O/c1-33(26(35)22-6-10-23(28)11-7-22)25-12-8-21(9-13-25)20-4-2-19(3-5-20)16-32-24-14-15-34(17-24)18-27(29,30)31/h2-7,10-11,21,24-25,32H,8-9,12-18H2,1H3/t21?,24-,25?/m1/s1. The summed E-state index contributed by atoms with van der Waals surface area (Å²) in [6, 6.07) is 16.0. The number of likely N-dealkylation sites (tertiary alicyclic amines) is 1. The van der Waals surface area contributed by atoms with Crippen LogP contribution in [0.15, 0.2) is 48.5 Å². The molecule has 0 radical (unpaired) electrons. The maximum Gasteiger partial charge on any atom is 0.401 e. The lowest BCUT2D eigenvalue weighted by molar-refractivity contribution is -0.143. The Kier molecular flexibility index (Phi) is 8.40. The van der Waals surface area contributed by atoms with Gasteiger partial charge in [0.2, 0.25) is 0 Å². The van der Waals surface area contributed by atoms with Crippen molar-refractivity contribution in [3.63, 3.8) is 0 Å².